The van der Waals surface area contributed by atoms with Crippen molar-refractivity contribution >= 4 is 23.2 Å². The minimum absolute atomic E-state index is 0.0637. The van der Waals surface area contributed by atoms with E-state index in [-0.39, 0.29) is 18.4 Å². The molecule has 0 unspecified atom stereocenters. The summed E-state index contributed by atoms with van der Waals surface area (Å²) in [6.45, 7) is 8.61. The summed E-state index contributed by atoms with van der Waals surface area (Å²) in [6, 6.07) is 24.8. The SMILES string of the molecule is CCNc1cc(C(=O)N[C@@H](Cc2ccccc2)[C@@H](O)CNC(C)(C)COCc2ccccc2)cc(N2CCCC2=O)c1. The lowest BCUT2D eigenvalue weighted by molar-refractivity contribution is -0.117. The van der Waals surface area contributed by atoms with Crippen molar-refractivity contribution in [1.82, 2.24) is 10.6 Å². The molecule has 1 fully saturated rings. The number of β-amino-alcohol motifs (C(OH)–C–C–N with tert-alkyl or cyclic N) is 1. The number of aliphatic hydroxyl groups is 1. The zero-order valence-electron chi connectivity index (χ0n) is 24.9. The molecular formula is C34H44N4O4. The maximum atomic E-state index is 13.6. The van der Waals surface area contributed by atoms with E-state index < -0.39 is 17.7 Å². The molecule has 0 aliphatic carbocycles. The quantitative estimate of drug-likeness (QED) is 0.213. The lowest BCUT2D eigenvalue weighted by Crippen LogP contribution is -2.53. The van der Waals surface area contributed by atoms with Gasteiger partial charge in [-0.3, -0.25) is 9.59 Å². The van der Waals surface area contributed by atoms with Gasteiger partial charge in [-0.2, -0.15) is 0 Å². The Labute approximate surface area is 249 Å². The summed E-state index contributed by atoms with van der Waals surface area (Å²) < 4.78 is 5.94. The molecule has 0 aromatic heterocycles. The number of rotatable bonds is 15. The number of benzene rings is 3. The van der Waals surface area contributed by atoms with E-state index >= 15 is 0 Å². The van der Waals surface area contributed by atoms with Gasteiger partial charge in [0.1, 0.15) is 0 Å². The Morgan fingerprint density at radius 3 is 2.36 bits per heavy atom. The van der Waals surface area contributed by atoms with Crippen LogP contribution in [0.4, 0.5) is 11.4 Å². The summed E-state index contributed by atoms with van der Waals surface area (Å²) in [5, 5.41) is 21.1. The summed E-state index contributed by atoms with van der Waals surface area (Å²) in [4.78, 5) is 27.8. The molecule has 2 atom stereocenters. The van der Waals surface area contributed by atoms with Crippen molar-refractivity contribution in [1.29, 1.82) is 0 Å². The lowest BCUT2D eigenvalue weighted by atomic mass is 9.99. The number of aliphatic hydroxyl groups excluding tert-OH is 1. The van der Waals surface area contributed by atoms with Crippen molar-refractivity contribution in [3.8, 4) is 0 Å². The number of hydrogen-bond donors (Lipinski definition) is 4. The van der Waals surface area contributed by atoms with E-state index in [2.05, 4.69) is 16.0 Å². The molecule has 4 rings (SSSR count). The zero-order chi connectivity index (χ0) is 30.0. The highest BCUT2D eigenvalue weighted by molar-refractivity contribution is 6.00. The van der Waals surface area contributed by atoms with Crippen LogP contribution >= 0.6 is 0 Å². The number of ether oxygens (including phenoxy) is 1. The van der Waals surface area contributed by atoms with Crippen LogP contribution in [0.3, 0.4) is 0 Å². The second kappa shape index (κ2) is 15.0. The molecule has 1 heterocycles. The minimum Gasteiger partial charge on any atom is -0.390 e. The molecule has 8 heteroatoms. The molecule has 42 heavy (non-hydrogen) atoms. The van der Waals surface area contributed by atoms with Crippen LogP contribution in [0.2, 0.25) is 0 Å². The topological polar surface area (TPSA) is 103 Å². The highest BCUT2D eigenvalue weighted by Gasteiger charge is 2.27. The van der Waals surface area contributed by atoms with Crippen LogP contribution in [0.5, 0.6) is 0 Å². The summed E-state index contributed by atoms with van der Waals surface area (Å²) in [5.41, 5.74) is 3.65. The molecule has 224 valence electrons. The Bertz CT molecular complexity index is 1300. The first-order chi connectivity index (χ1) is 20.2. The van der Waals surface area contributed by atoms with E-state index in [0.717, 1.165) is 23.2 Å². The standard InChI is InChI=1S/C34H44N4O4/c1-4-35-28-19-27(20-29(21-28)38-17-11-16-32(38)40)33(41)37-30(18-25-12-7-5-8-13-25)31(39)22-36-34(2,3)24-42-23-26-14-9-6-10-15-26/h5-10,12-15,19-21,30-31,35-36,39H,4,11,16-18,22-24H2,1-3H3,(H,37,41)/t30-,31-/m0/s1. The number of carbonyl (C=O) groups excluding carboxylic acids is 2. The number of amides is 2. The molecule has 0 saturated carbocycles. The van der Waals surface area contributed by atoms with Gasteiger partial charge in [0.15, 0.2) is 0 Å². The Morgan fingerprint density at radius 1 is 1.02 bits per heavy atom. The third kappa shape index (κ3) is 9.14. The van der Waals surface area contributed by atoms with Crippen LogP contribution in [-0.2, 0) is 22.6 Å². The minimum atomic E-state index is -0.862. The van der Waals surface area contributed by atoms with Gasteiger partial charge in [-0.25, -0.2) is 0 Å². The van der Waals surface area contributed by atoms with E-state index in [1.807, 2.05) is 87.5 Å². The van der Waals surface area contributed by atoms with Crippen molar-refractivity contribution in [2.45, 2.75) is 64.3 Å². The Hall–Kier alpha value is -3.72. The molecule has 1 saturated heterocycles. The molecule has 3 aromatic carbocycles. The fourth-order valence-electron chi connectivity index (χ4n) is 5.10. The molecule has 1 aliphatic rings. The Kier molecular flexibility index (Phi) is 11.1. The summed E-state index contributed by atoms with van der Waals surface area (Å²) in [7, 11) is 0. The fourth-order valence-corrected chi connectivity index (χ4v) is 5.10. The van der Waals surface area contributed by atoms with Crippen LogP contribution in [0.15, 0.2) is 78.9 Å². The third-order valence-corrected chi connectivity index (χ3v) is 7.39. The van der Waals surface area contributed by atoms with Crippen molar-refractivity contribution in [3.63, 3.8) is 0 Å². The smallest absolute Gasteiger partial charge is 0.251 e. The van der Waals surface area contributed by atoms with Crippen LogP contribution in [-0.4, -0.2) is 60.8 Å². The van der Waals surface area contributed by atoms with E-state index in [1.54, 1.807) is 17.0 Å². The maximum absolute atomic E-state index is 13.6. The largest absolute Gasteiger partial charge is 0.390 e. The van der Waals surface area contributed by atoms with Crippen LogP contribution in [0.25, 0.3) is 0 Å². The van der Waals surface area contributed by atoms with E-state index in [0.29, 0.717) is 50.4 Å². The van der Waals surface area contributed by atoms with Gasteiger partial charge in [-0.15, -0.1) is 0 Å². The highest BCUT2D eigenvalue weighted by Crippen LogP contribution is 2.27. The number of hydrogen-bond acceptors (Lipinski definition) is 6. The first-order valence-electron chi connectivity index (χ1n) is 14.8. The molecule has 4 N–H and O–H groups in total. The molecule has 0 radical (unpaired) electrons. The van der Waals surface area contributed by atoms with Crippen LogP contribution < -0.4 is 20.9 Å². The number of nitrogens with one attached hydrogen (secondary N) is 3. The molecule has 0 bridgehead atoms. The lowest BCUT2D eigenvalue weighted by Gasteiger charge is -2.31. The second-order valence-electron chi connectivity index (χ2n) is 11.5. The van der Waals surface area contributed by atoms with Crippen molar-refractivity contribution in [2.75, 3.05) is 36.5 Å². The van der Waals surface area contributed by atoms with Crippen molar-refractivity contribution in [2.24, 2.45) is 0 Å². The monoisotopic (exact) mass is 572 g/mol. The summed E-state index contributed by atoms with van der Waals surface area (Å²) >= 11 is 0. The van der Waals surface area contributed by atoms with Gasteiger partial charge < -0.3 is 30.7 Å². The van der Waals surface area contributed by atoms with E-state index in [4.69, 9.17) is 4.74 Å². The molecule has 1 aliphatic heterocycles. The Morgan fingerprint density at radius 2 is 1.71 bits per heavy atom. The van der Waals surface area contributed by atoms with E-state index in [9.17, 15) is 14.7 Å². The van der Waals surface area contributed by atoms with Gasteiger partial charge in [0, 0.05) is 48.5 Å². The maximum Gasteiger partial charge on any atom is 0.251 e. The molecule has 8 nitrogen and oxygen atoms in total. The predicted molar refractivity (Wildman–Crippen MR) is 168 cm³/mol. The van der Waals surface area contributed by atoms with Gasteiger partial charge in [0.2, 0.25) is 5.91 Å². The van der Waals surface area contributed by atoms with Gasteiger partial charge in [0.25, 0.3) is 5.91 Å². The van der Waals surface area contributed by atoms with Gasteiger partial charge in [-0.05, 0) is 62.9 Å². The van der Waals surface area contributed by atoms with Crippen LogP contribution in [0.1, 0.15) is 55.1 Å². The molecule has 0 spiro atoms. The first-order valence-corrected chi connectivity index (χ1v) is 14.8. The average molecular weight is 573 g/mol. The number of nitrogens with zero attached hydrogens (tertiary/aromatic N) is 1. The number of anilines is 2. The van der Waals surface area contributed by atoms with Gasteiger partial charge >= 0.3 is 0 Å². The van der Waals surface area contributed by atoms with Crippen molar-refractivity contribution in [3.05, 3.63) is 95.6 Å². The van der Waals surface area contributed by atoms with Crippen LogP contribution in [0, 0.1) is 0 Å². The predicted octanol–water partition coefficient (Wildman–Crippen LogP) is 4.53. The third-order valence-electron chi connectivity index (χ3n) is 7.39. The van der Waals surface area contributed by atoms with Gasteiger partial charge in [-0.1, -0.05) is 60.7 Å². The average Bonchev–Trinajstić information content (AvgIpc) is 3.42. The summed E-state index contributed by atoms with van der Waals surface area (Å²) in [5.74, 6) is -0.234. The second-order valence-corrected chi connectivity index (χ2v) is 11.5. The molecule has 3 aromatic rings. The first kappa shape index (κ1) is 31.2. The van der Waals surface area contributed by atoms with E-state index in [1.165, 1.54) is 0 Å². The van der Waals surface area contributed by atoms with Crippen molar-refractivity contribution < 1.29 is 19.4 Å². The molecular weight excluding hydrogens is 528 g/mol. The normalized spacial score (nSPS) is 15.0. The number of carbonyl (C=O) groups is 2. The van der Waals surface area contributed by atoms with Gasteiger partial charge in [0.05, 0.1) is 25.4 Å². The highest BCUT2D eigenvalue weighted by atomic mass is 16.5. The summed E-state index contributed by atoms with van der Waals surface area (Å²) in [6.07, 6.45) is 0.917. The molecule has 2 amide bonds. The Balaban J connectivity index is 1.45. The fraction of sp³-hybridized carbons (Fsp3) is 0.412. The zero-order valence-corrected chi connectivity index (χ0v) is 24.9.